The summed E-state index contributed by atoms with van der Waals surface area (Å²) in [6, 6.07) is 13.5. The Hall–Kier alpha value is -2.48. The molecule has 0 bridgehead atoms. The number of nitrogens with one attached hydrogen (secondary N) is 1. The number of benzene rings is 2. The predicted octanol–water partition coefficient (Wildman–Crippen LogP) is 2.33. The summed E-state index contributed by atoms with van der Waals surface area (Å²) in [7, 11) is -9.53. The van der Waals surface area contributed by atoms with Gasteiger partial charge in [-0.2, -0.15) is 9.97 Å². The second kappa shape index (κ2) is 10.2. The van der Waals surface area contributed by atoms with Gasteiger partial charge in [0, 0.05) is 5.69 Å². The van der Waals surface area contributed by atoms with Crippen molar-refractivity contribution in [1.29, 1.82) is 0 Å². The first-order valence-electron chi connectivity index (χ1n) is 11.1. The zero-order valence-corrected chi connectivity index (χ0v) is 21.8. The van der Waals surface area contributed by atoms with Gasteiger partial charge in [0.2, 0.25) is 5.28 Å². The van der Waals surface area contributed by atoms with Crippen molar-refractivity contribution in [3.8, 4) is 0 Å². The molecule has 0 amide bonds. The number of hydrogen-bond acceptors (Lipinski definition) is 10. The standard InChI is InChI=1S/C21H22ClN5O9P2/c22-21-25-18(24-13-6-5-11-3-1-2-4-12(11)7-13)15-19(26-21)27(9-23-15)20-17(29)16(28)14(36-20)8-35-38(33,34)10-37(30,31)32/h1-7,9,14,16-17,20,28-29H,8,10H2,(H,33,34)(H,24,25,26)(H2,30,31,32)/t14-,16?,17?,20-/m1/s1. The molecule has 1 aliphatic rings. The van der Waals surface area contributed by atoms with Gasteiger partial charge in [-0.15, -0.1) is 0 Å². The highest BCUT2D eigenvalue weighted by molar-refractivity contribution is 7.70. The van der Waals surface area contributed by atoms with Gasteiger partial charge in [-0.3, -0.25) is 13.7 Å². The van der Waals surface area contributed by atoms with Gasteiger partial charge in [0.25, 0.3) is 0 Å². The highest BCUT2D eigenvalue weighted by atomic mass is 35.5. The van der Waals surface area contributed by atoms with Gasteiger partial charge in [0.15, 0.2) is 29.1 Å². The van der Waals surface area contributed by atoms with E-state index in [1.54, 1.807) is 0 Å². The molecule has 14 nitrogen and oxygen atoms in total. The number of aliphatic hydroxyl groups excluding tert-OH is 2. The van der Waals surface area contributed by atoms with Gasteiger partial charge < -0.3 is 39.5 Å². The fraction of sp³-hybridized carbons (Fsp3) is 0.286. The number of aliphatic hydroxyl groups is 2. The molecule has 3 heterocycles. The lowest BCUT2D eigenvalue weighted by Crippen LogP contribution is -2.33. The maximum atomic E-state index is 11.9. The van der Waals surface area contributed by atoms with Crippen LogP contribution in [0.4, 0.5) is 11.5 Å². The molecule has 17 heteroatoms. The van der Waals surface area contributed by atoms with Crippen LogP contribution in [0.5, 0.6) is 0 Å². The van der Waals surface area contributed by atoms with E-state index in [9.17, 15) is 24.2 Å². The molecule has 5 rings (SSSR count). The molecule has 0 aliphatic carbocycles. The lowest BCUT2D eigenvalue weighted by molar-refractivity contribution is -0.0483. The van der Waals surface area contributed by atoms with Crippen molar-refractivity contribution in [2.45, 2.75) is 24.5 Å². The van der Waals surface area contributed by atoms with E-state index in [1.807, 2.05) is 42.5 Å². The molecule has 1 aliphatic heterocycles. The summed E-state index contributed by atoms with van der Waals surface area (Å²) in [5.41, 5.74) is 1.16. The largest absolute Gasteiger partial charge is 0.387 e. The third kappa shape index (κ3) is 5.75. The Morgan fingerprint density at radius 1 is 1.05 bits per heavy atom. The minimum absolute atomic E-state index is 0.130. The minimum Gasteiger partial charge on any atom is -0.387 e. The Morgan fingerprint density at radius 2 is 1.79 bits per heavy atom. The Morgan fingerprint density at radius 3 is 2.53 bits per heavy atom. The van der Waals surface area contributed by atoms with Crippen LogP contribution < -0.4 is 5.32 Å². The van der Waals surface area contributed by atoms with Gasteiger partial charge in [-0.1, -0.05) is 30.3 Å². The zero-order valence-electron chi connectivity index (χ0n) is 19.3. The van der Waals surface area contributed by atoms with Gasteiger partial charge in [0.1, 0.15) is 18.3 Å². The average molecular weight is 586 g/mol. The van der Waals surface area contributed by atoms with E-state index >= 15 is 0 Å². The van der Waals surface area contributed by atoms with Crippen molar-refractivity contribution >= 4 is 60.2 Å². The van der Waals surface area contributed by atoms with Crippen LogP contribution in [0.3, 0.4) is 0 Å². The second-order valence-corrected chi connectivity index (χ2v) is 13.0. The lowest BCUT2D eigenvalue weighted by Gasteiger charge is -2.18. The van der Waals surface area contributed by atoms with Crippen LogP contribution in [0, 0.1) is 0 Å². The number of imidazole rings is 1. The molecule has 0 radical (unpaired) electrons. The van der Waals surface area contributed by atoms with Crippen molar-refractivity contribution in [2.24, 2.45) is 0 Å². The van der Waals surface area contributed by atoms with E-state index in [1.165, 1.54) is 10.9 Å². The lowest BCUT2D eigenvalue weighted by atomic mass is 10.1. The molecular formula is C21H22ClN5O9P2. The summed E-state index contributed by atoms with van der Waals surface area (Å²) in [5, 5.41) is 26.1. The van der Waals surface area contributed by atoms with E-state index < -0.39 is 52.2 Å². The Balaban J connectivity index is 1.39. The topological polar surface area (TPSA) is 209 Å². The quantitative estimate of drug-likeness (QED) is 0.130. The Labute approximate surface area is 219 Å². The first-order chi connectivity index (χ1) is 17.9. The SMILES string of the molecule is O=P(O)(O)CP(=O)(O)OC[C@H]1O[C@@H](n2cnc3c(Nc4ccc5ccccc5c4)nc(Cl)nc32)C(O)C1O. The first-order valence-corrected chi connectivity index (χ1v) is 15.0. The van der Waals surface area contributed by atoms with Crippen molar-refractivity contribution in [3.05, 3.63) is 54.1 Å². The van der Waals surface area contributed by atoms with Crippen molar-refractivity contribution in [2.75, 3.05) is 17.8 Å². The van der Waals surface area contributed by atoms with Crippen LogP contribution in [-0.4, -0.2) is 75.2 Å². The summed E-state index contributed by atoms with van der Waals surface area (Å²) in [6.45, 7) is -0.723. The number of fused-ring (bicyclic) bond motifs is 2. The average Bonchev–Trinajstić information content (AvgIpc) is 3.37. The maximum absolute atomic E-state index is 11.9. The molecule has 2 aromatic heterocycles. The molecule has 0 spiro atoms. The van der Waals surface area contributed by atoms with Crippen LogP contribution in [0.15, 0.2) is 48.8 Å². The van der Waals surface area contributed by atoms with Crippen LogP contribution in [-0.2, 0) is 18.4 Å². The summed E-state index contributed by atoms with van der Waals surface area (Å²) in [4.78, 5) is 40.3. The molecule has 6 N–H and O–H groups in total. The molecule has 38 heavy (non-hydrogen) atoms. The molecule has 202 valence electrons. The molecule has 0 saturated carbocycles. The van der Waals surface area contributed by atoms with Crippen molar-refractivity contribution in [1.82, 2.24) is 19.5 Å². The van der Waals surface area contributed by atoms with Gasteiger partial charge in [0.05, 0.1) is 12.9 Å². The van der Waals surface area contributed by atoms with E-state index in [2.05, 4.69) is 20.3 Å². The van der Waals surface area contributed by atoms with Gasteiger partial charge >= 0.3 is 15.2 Å². The molecule has 2 aromatic carbocycles. The summed E-state index contributed by atoms with van der Waals surface area (Å²) >= 11 is 6.17. The van der Waals surface area contributed by atoms with Crippen LogP contribution >= 0.6 is 26.8 Å². The van der Waals surface area contributed by atoms with E-state index in [0.29, 0.717) is 5.69 Å². The predicted molar refractivity (Wildman–Crippen MR) is 136 cm³/mol. The van der Waals surface area contributed by atoms with Crippen LogP contribution in [0.1, 0.15) is 6.23 Å². The fourth-order valence-electron chi connectivity index (χ4n) is 4.13. The molecule has 3 unspecified atom stereocenters. The number of anilines is 2. The first kappa shape index (κ1) is 27.1. The highest BCUT2D eigenvalue weighted by Crippen LogP contribution is 2.55. The summed E-state index contributed by atoms with van der Waals surface area (Å²) in [6.07, 6.45) is -4.36. The van der Waals surface area contributed by atoms with E-state index in [4.69, 9.17) is 30.6 Å². The second-order valence-electron chi connectivity index (χ2n) is 8.64. The van der Waals surface area contributed by atoms with E-state index in [0.717, 1.165) is 10.8 Å². The number of rotatable bonds is 8. The van der Waals surface area contributed by atoms with Crippen molar-refractivity contribution < 1.29 is 43.3 Å². The van der Waals surface area contributed by atoms with Gasteiger partial charge in [-0.05, 0) is 34.5 Å². The van der Waals surface area contributed by atoms with Gasteiger partial charge in [-0.25, -0.2) is 4.98 Å². The smallest absolute Gasteiger partial charge is 0.340 e. The molecule has 1 saturated heterocycles. The van der Waals surface area contributed by atoms with Crippen molar-refractivity contribution in [3.63, 3.8) is 0 Å². The molecular weight excluding hydrogens is 564 g/mol. The number of halogens is 1. The summed E-state index contributed by atoms with van der Waals surface area (Å²) < 4.78 is 34.7. The number of nitrogens with zero attached hydrogens (tertiary/aromatic N) is 4. The normalized spacial score (nSPS) is 23.6. The summed E-state index contributed by atoms with van der Waals surface area (Å²) in [5.74, 6) is -1.12. The Bertz CT molecular complexity index is 1600. The highest BCUT2D eigenvalue weighted by Gasteiger charge is 2.45. The number of aromatic nitrogens is 4. The maximum Gasteiger partial charge on any atom is 0.340 e. The third-order valence-electron chi connectivity index (χ3n) is 5.82. The fourth-order valence-corrected chi connectivity index (χ4v) is 6.86. The monoisotopic (exact) mass is 585 g/mol. The van der Waals surface area contributed by atoms with Crippen LogP contribution in [0.2, 0.25) is 5.28 Å². The molecule has 4 aromatic rings. The Kier molecular flexibility index (Phi) is 7.31. The third-order valence-corrected chi connectivity index (χ3v) is 9.45. The van der Waals surface area contributed by atoms with Crippen LogP contribution in [0.25, 0.3) is 21.9 Å². The number of ether oxygens (including phenoxy) is 1. The molecule has 5 atom stereocenters. The van der Waals surface area contributed by atoms with E-state index in [-0.39, 0.29) is 22.3 Å². The zero-order chi connectivity index (χ0) is 27.2. The number of hydrogen-bond donors (Lipinski definition) is 6. The molecule has 1 fully saturated rings. The minimum atomic E-state index is -4.84.